The zero-order chi connectivity index (χ0) is 9.49. The maximum absolute atomic E-state index is 9.75. The van der Waals surface area contributed by atoms with Crippen LogP contribution >= 0.6 is 9.24 Å². The Morgan fingerprint density at radius 1 is 1.18 bits per heavy atom. The normalized spacial score (nSPS) is 11.2. The van der Waals surface area contributed by atoms with Gasteiger partial charge in [-0.05, 0) is 21.6 Å². The summed E-state index contributed by atoms with van der Waals surface area (Å²) in [6, 6.07) is 0. The first-order valence-corrected chi connectivity index (χ1v) is 4.44. The molecule has 0 rings (SSSR count). The first kappa shape index (κ1) is 13.8. The highest BCUT2D eigenvalue weighted by Crippen LogP contribution is 2.06. The minimum Gasteiger partial charge on any atom is -0.418 e. The minimum absolute atomic E-state index is 0.905. The molecule has 0 nitrogen and oxygen atoms in total. The van der Waals surface area contributed by atoms with Crippen molar-refractivity contribution < 1.29 is 17.3 Å². The van der Waals surface area contributed by atoms with Crippen molar-refractivity contribution in [2.24, 2.45) is 5.92 Å². The van der Waals surface area contributed by atoms with E-state index in [9.17, 15) is 17.3 Å². The fraction of sp³-hybridized carbons (Fsp3) is 1.00. The SMILES string of the molecule is CC(C)CC[PH3+].F[B-](F)(F)F. The van der Waals surface area contributed by atoms with E-state index in [2.05, 4.69) is 23.1 Å². The van der Waals surface area contributed by atoms with Gasteiger partial charge in [-0.1, -0.05) is 13.8 Å². The average molecular weight is 192 g/mol. The zero-order valence-corrected chi connectivity index (χ0v) is 8.20. The maximum Gasteiger partial charge on any atom is 0.673 e. The monoisotopic (exact) mass is 192 g/mol. The lowest BCUT2D eigenvalue weighted by Gasteiger charge is -1.94. The lowest BCUT2D eigenvalue weighted by Crippen LogP contribution is -2.02. The molecule has 0 aliphatic heterocycles. The van der Waals surface area contributed by atoms with Crippen molar-refractivity contribution in [2.75, 3.05) is 6.16 Å². The molecule has 0 fully saturated rings. The second-order valence-corrected chi connectivity index (χ2v) is 3.24. The molecule has 0 aliphatic rings. The Kier molecular flexibility index (Phi) is 8.64. The molecule has 0 aromatic carbocycles. The molecule has 0 aromatic heterocycles. The van der Waals surface area contributed by atoms with Gasteiger partial charge in [0, 0.05) is 0 Å². The summed E-state index contributed by atoms with van der Waals surface area (Å²) >= 11 is 0. The van der Waals surface area contributed by atoms with Crippen LogP contribution in [0.5, 0.6) is 0 Å². The van der Waals surface area contributed by atoms with E-state index in [0.29, 0.717) is 0 Å². The van der Waals surface area contributed by atoms with Crippen molar-refractivity contribution in [3.8, 4) is 0 Å². The fourth-order valence-corrected chi connectivity index (χ4v) is 1.22. The third-order valence-corrected chi connectivity index (χ3v) is 1.19. The number of hydrogen-bond donors (Lipinski definition) is 0. The highest BCUT2D eigenvalue weighted by molar-refractivity contribution is 7.16. The quantitative estimate of drug-likeness (QED) is 0.358. The van der Waals surface area contributed by atoms with Crippen LogP contribution in [-0.4, -0.2) is 13.4 Å². The summed E-state index contributed by atoms with van der Waals surface area (Å²) in [4.78, 5) is 0. The Morgan fingerprint density at radius 3 is 1.45 bits per heavy atom. The molecule has 0 radical (unpaired) electrons. The van der Waals surface area contributed by atoms with Gasteiger partial charge < -0.3 is 17.3 Å². The van der Waals surface area contributed by atoms with Gasteiger partial charge in [-0.2, -0.15) is 0 Å². The summed E-state index contributed by atoms with van der Waals surface area (Å²) in [5, 5.41) is 0. The zero-order valence-electron chi connectivity index (χ0n) is 6.79. The van der Waals surface area contributed by atoms with Gasteiger partial charge in [0.25, 0.3) is 0 Å². The van der Waals surface area contributed by atoms with Crippen molar-refractivity contribution in [1.29, 1.82) is 0 Å². The topological polar surface area (TPSA) is 0 Å². The van der Waals surface area contributed by atoms with Gasteiger partial charge in [0.1, 0.15) is 0 Å². The molecule has 0 saturated carbocycles. The summed E-state index contributed by atoms with van der Waals surface area (Å²) < 4.78 is 39.0. The second kappa shape index (κ2) is 6.90. The lowest BCUT2D eigenvalue weighted by atomic mass is 10.2. The molecule has 70 valence electrons. The molecule has 0 aliphatic carbocycles. The Labute approximate surface area is 67.1 Å². The van der Waals surface area contributed by atoms with Gasteiger partial charge in [-0.3, -0.25) is 0 Å². The summed E-state index contributed by atoms with van der Waals surface area (Å²) in [7, 11) is -3.94. The van der Waals surface area contributed by atoms with Crippen LogP contribution in [0.3, 0.4) is 0 Å². The van der Waals surface area contributed by atoms with Gasteiger partial charge in [0.15, 0.2) is 0 Å². The van der Waals surface area contributed by atoms with Crippen molar-refractivity contribution >= 4 is 16.5 Å². The number of hydrogen-bond acceptors (Lipinski definition) is 0. The van der Waals surface area contributed by atoms with E-state index in [4.69, 9.17) is 0 Å². The average Bonchev–Trinajstić information content (AvgIpc) is 1.58. The summed E-state index contributed by atoms with van der Waals surface area (Å²) in [6.45, 7) is 4.52. The van der Waals surface area contributed by atoms with Crippen LogP contribution in [0.4, 0.5) is 17.3 Å². The van der Waals surface area contributed by atoms with Crippen LogP contribution in [0.1, 0.15) is 20.3 Å². The molecule has 1 unspecified atom stereocenters. The van der Waals surface area contributed by atoms with E-state index in [1.54, 1.807) is 0 Å². The van der Waals surface area contributed by atoms with Crippen LogP contribution in [0.25, 0.3) is 0 Å². The molecule has 0 heterocycles. The predicted molar refractivity (Wildman–Crippen MR) is 45.6 cm³/mol. The highest BCUT2D eigenvalue weighted by atomic mass is 31.0. The first-order chi connectivity index (χ1) is 4.77. The van der Waals surface area contributed by atoms with E-state index in [-0.39, 0.29) is 0 Å². The van der Waals surface area contributed by atoms with Gasteiger partial charge in [-0.25, -0.2) is 0 Å². The smallest absolute Gasteiger partial charge is 0.418 e. The van der Waals surface area contributed by atoms with E-state index in [1.807, 2.05) is 0 Å². The molecule has 6 heteroatoms. The Balaban J connectivity index is 0. The molecular formula is C5H14BF4P. The number of rotatable bonds is 2. The van der Waals surface area contributed by atoms with E-state index in [0.717, 1.165) is 5.92 Å². The van der Waals surface area contributed by atoms with Crippen molar-refractivity contribution in [1.82, 2.24) is 0 Å². The standard InChI is InChI=1S/C5H13P.BF4/c1-5(2)3-4-6;2-1(3,4)5/h5H,3-4,6H2,1-2H3;/q;-1/p+1. The predicted octanol–water partition coefficient (Wildman–Crippen LogP) is 2.94. The van der Waals surface area contributed by atoms with Crippen LogP contribution < -0.4 is 0 Å². The van der Waals surface area contributed by atoms with Crippen molar-refractivity contribution in [2.45, 2.75) is 20.3 Å². The molecule has 0 N–H and O–H groups in total. The summed E-state index contributed by atoms with van der Waals surface area (Å²) in [6.07, 6.45) is 2.75. The van der Waals surface area contributed by atoms with Crippen molar-refractivity contribution in [3.05, 3.63) is 0 Å². The van der Waals surface area contributed by atoms with E-state index in [1.165, 1.54) is 12.6 Å². The molecule has 0 amide bonds. The Morgan fingerprint density at radius 2 is 1.45 bits per heavy atom. The minimum atomic E-state index is -6.00. The maximum atomic E-state index is 9.75. The van der Waals surface area contributed by atoms with Crippen LogP contribution in [0.2, 0.25) is 0 Å². The van der Waals surface area contributed by atoms with Crippen LogP contribution in [0.15, 0.2) is 0 Å². The Bertz CT molecular complexity index is 77.0. The largest absolute Gasteiger partial charge is 0.673 e. The van der Waals surface area contributed by atoms with Gasteiger partial charge in [0.05, 0.1) is 6.16 Å². The molecule has 11 heavy (non-hydrogen) atoms. The molecule has 1 atom stereocenters. The third-order valence-electron chi connectivity index (χ3n) is 0.781. The van der Waals surface area contributed by atoms with Crippen LogP contribution in [-0.2, 0) is 0 Å². The number of halogens is 4. The first-order valence-electron chi connectivity index (χ1n) is 3.44. The highest BCUT2D eigenvalue weighted by Gasteiger charge is 2.20. The third kappa shape index (κ3) is 66.7. The second-order valence-electron chi connectivity index (χ2n) is 2.53. The summed E-state index contributed by atoms with van der Waals surface area (Å²) in [5.41, 5.74) is 0. The lowest BCUT2D eigenvalue weighted by molar-refractivity contribution is 0.368. The summed E-state index contributed by atoms with van der Waals surface area (Å²) in [5.74, 6) is 0.905. The van der Waals surface area contributed by atoms with Gasteiger partial charge in [0.2, 0.25) is 0 Å². The molecule has 0 saturated heterocycles. The Hall–Kier alpha value is 0.215. The van der Waals surface area contributed by atoms with Gasteiger partial charge in [-0.15, -0.1) is 0 Å². The van der Waals surface area contributed by atoms with E-state index < -0.39 is 7.25 Å². The fourth-order valence-electron chi connectivity index (χ4n) is 0.408. The molecule has 0 spiro atoms. The molecule has 0 bridgehead atoms. The van der Waals surface area contributed by atoms with Gasteiger partial charge >= 0.3 is 7.25 Å². The molecule has 0 aromatic rings. The van der Waals surface area contributed by atoms with Crippen molar-refractivity contribution in [3.63, 3.8) is 0 Å². The molecular weight excluding hydrogens is 178 g/mol. The van der Waals surface area contributed by atoms with E-state index >= 15 is 0 Å². The van der Waals surface area contributed by atoms with Crippen LogP contribution in [0, 0.1) is 5.92 Å².